The second kappa shape index (κ2) is 10.5. The van der Waals surface area contributed by atoms with Gasteiger partial charge in [0.25, 0.3) is 0 Å². The van der Waals surface area contributed by atoms with Gasteiger partial charge in [-0.3, -0.25) is 14.4 Å². The molecular formula is C26H28F3N3O3. The van der Waals surface area contributed by atoms with Crippen LogP contribution in [-0.4, -0.2) is 53.2 Å². The third-order valence-electron chi connectivity index (χ3n) is 6.53. The molecule has 2 saturated heterocycles. The third-order valence-corrected chi connectivity index (χ3v) is 6.53. The number of halogens is 3. The maximum atomic E-state index is 13.1. The highest BCUT2D eigenvalue weighted by molar-refractivity contribution is 5.92. The maximum Gasteiger partial charge on any atom is 0.416 e. The van der Waals surface area contributed by atoms with Gasteiger partial charge >= 0.3 is 6.18 Å². The average Bonchev–Trinajstić information content (AvgIpc) is 3.49. The standard InChI is InChI=1S/C26H28F3N3O3/c27-26(28,29)21-10-6-9-19(13-21)16-32-17-20(15-23(32)33)24(34)30-22(14-18-7-2-1-3-8-18)25(35)31-11-4-5-12-31/h1-3,6-10,13,20,22H,4-5,11-12,14-17H2,(H,30,34). The minimum atomic E-state index is -4.47. The number of rotatable bonds is 7. The fraction of sp³-hybridized carbons (Fsp3) is 0.423. The van der Waals surface area contributed by atoms with Gasteiger partial charge in [0, 0.05) is 39.0 Å². The topological polar surface area (TPSA) is 69.7 Å². The smallest absolute Gasteiger partial charge is 0.344 e. The number of benzene rings is 2. The molecule has 186 valence electrons. The van der Waals surface area contributed by atoms with Gasteiger partial charge < -0.3 is 15.1 Å². The van der Waals surface area contributed by atoms with Gasteiger partial charge in [-0.2, -0.15) is 13.2 Å². The predicted octanol–water partition coefficient (Wildman–Crippen LogP) is 3.40. The highest BCUT2D eigenvalue weighted by atomic mass is 19.4. The molecule has 2 atom stereocenters. The Bertz CT molecular complexity index is 1070. The van der Waals surface area contributed by atoms with Gasteiger partial charge in [-0.1, -0.05) is 42.5 Å². The van der Waals surface area contributed by atoms with Gasteiger partial charge in [0.05, 0.1) is 11.5 Å². The molecule has 2 aliphatic rings. The summed E-state index contributed by atoms with van der Waals surface area (Å²) < 4.78 is 39.0. The number of amides is 3. The van der Waals surface area contributed by atoms with E-state index in [1.807, 2.05) is 30.3 Å². The minimum Gasteiger partial charge on any atom is -0.344 e. The van der Waals surface area contributed by atoms with Crippen molar-refractivity contribution in [3.63, 3.8) is 0 Å². The summed E-state index contributed by atoms with van der Waals surface area (Å²) in [5.74, 6) is -1.49. The Hall–Kier alpha value is -3.36. The van der Waals surface area contributed by atoms with E-state index in [-0.39, 0.29) is 31.3 Å². The number of carbonyl (C=O) groups excluding carboxylic acids is 3. The van der Waals surface area contributed by atoms with E-state index in [9.17, 15) is 27.6 Å². The minimum absolute atomic E-state index is 0.00726. The van der Waals surface area contributed by atoms with Crippen LogP contribution in [-0.2, 0) is 33.5 Å². The zero-order valence-corrected chi connectivity index (χ0v) is 19.3. The second-order valence-electron chi connectivity index (χ2n) is 9.16. The first-order chi connectivity index (χ1) is 16.7. The molecule has 0 radical (unpaired) electrons. The zero-order chi connectivity index (χ0) is 25.0. The van der Waals surface area contributed by atoms with E-state index in [4.69, 9.17) is 0 Å². The summed E-state index contributed by atoms with van der Waals surface area (Å²) in [4.78, 5) is 41.9. The summed E-state index contributed by atoms with van der Waals surface area (Å²) in [6, 6.07) is 13.5. The van der Waals surface area contributed by atoms with E-state index >= 15 is 0 Å². The van der Waals surface area contributed by atoms with Gasteiger partial charge in [-0.15, -0.1) is 0 Å². The molecule has 2 aromatic carbocycles. The van der Waals surface area contributed by atoms with Crippen molar-refractivity contribution in [2.24, 2.45) is 5.92 Å². The van der Waals surface area contributed by atoms with Crippen molar-refractivity contribution in [1.29, 1.82) is 0 Å². The third kappa shape index (κ3) is 6.21. The van der Waals surface area contributed by atoms with Gasteiger partial charge in [0.15, 0.2) is 0 Å². The summed E-state index contributed by atoms with van der Waals surface area (Å²) in [5.41, 5.74) is 0.486. The second-order valence-corrected chi connectivity index (χ2v) is 9.16. The van der Waals surface area contributed by atoms with E-state index in [1.54, 1.807) is 4.90 Å². The zero-order valence-electron chi connectivity index (χ0n) is 19.3. The van der Waals surface area contributed by atoms with Crippen molar-refractivity contribution in [2.75, 3.05) is 19.6 Å². The summed E-state index contributed by atoms with van der Waals surface area (Å²) >= 11 is 0. The summed E-state index contributed by atoms with van der Waals surface area (Å²) in [6.07, 6.45) is -2.31. The van der Waals surface area contributed by atoms with Crippen molar-refractivity contribution in [3.8, 4) is 0 Å². The van der Waals surface area contributed by atoms with Crippen LogP contribution >= 0.6 is 0 Å². The number of carbonyl (C=O) groups is 3. The van der Waals surface area contributed by atoms with E-state index in [2.05, 4.69) is 5.32 Å². The number of nitrogens with one attached hydrogen (secondary N) is 1. The molecule has 2 aliphatic heterocycles. The van der Waals surface area contributed by atoms with Crippen LogP contribution in [0.25, 0.3) is 0 Å². The van der Waals surface area contributed by atoms with Crippen molar-refractivity contribution >= 4 is 17.7 Å². The van der Waals surface area contributed by atoms with Crippen LogP contribution in [0, 0.1) is 5.92 Å². The van der Waals surface area contributed by atoms with Crippen molar-refractivity contribution < 1.29 is 27.6 Å². The molecule has 0 aromatic heterocycles. The Labute approximate surface area is 202 Å². The molecule has 3 amide bonds. The van der Waals surface area contributed by atoms with Crippen molar-refractivity contribution in [3.05, 3.63) is 71.3 Å². The molecule has 0 aliphatic carbocycles. The Morgan fingerprint density at radius 3 is 2.37 bits per heavy atom. The first-order valence-corrected chi connectivity index (χ1v) is 11.8. The van der Waals surface area contributed by atoms with E-state index in [0.717, 1.165) is 30.5 Å². The molecule has 0 saturated carbocycles. The fourth-order valence-electron chi connectivity index (χ4n) is 4.66. The van der Waals surface area contributed by atoms with Gasteiger partial charge in [-0.05, 0) is 36.1 Å². The summed E-state index contributed by atoms with van der Waals surface area (Å²) in [6.45, 7) is 1.41. The van der Waals surface area contributed by atoms with Crippen molar-refractivity contribution in [1.82, 2.24) is 15.1 Å². The highest BCUT2D eigenvalue weighted by Gasteiger charge is 2.37. The van der Waals surface area contributed by atoms with Crippen LogP contribution in [0.2, 0.25) is 0 Å². The maximum absolute atomic E-state index is 13.1. The lowest BCUT2D eigenvalue weighted by Gasteiger charge is -2.25. The molecule has 2 heterocycles. The van der Waals surface area contributed by atoms with E-state index in [1.165, 1.54) is 17.0 Å². The first-order valence-electron chi connectivity index (χ1n) is 11.8. The van der Waals surface area contributed by atoms with Crippen LogP contribution in [0.5, 0.6) is 0 Å². The summed E-state index contributed by atoms with van der Waals surface area (Å²) in [5, 5.41) is 2.86. The lowest BCUT2D eigenvalue weighted by Crippen LogP contribution is -2.50. The molecule has 1 N–H and O–H groups in total. The monoisotopic (exact) mass is 487 g/mol. The predicted molar refractivity (Wildman–Crippen MR) is 123 cm³/mol. The largest absolute Gasteiger partial charge is 0.416 e. The summed E-state index contributed by atoms with van der Waals surface area (Å²) in [7, 11) is 0. The van der Waals surface area contributed by atoms with Crippen LogP contribution in [0.15, 0.2) is 54.6 Å². The molecule has 2 fully saturated rings. The molecule has 0 bridgehead atoms. The van der Waals surface area contributed by atoms with E-state index in [0.29, 0.717) is 25.1 Å². The molecule has 0 spiro atoms. The number of hydrogen-bond donors (Lipinski definition) is 1. The van der Waals surface area contributed by atoms with Gasteiger partial charge in [0.2, 0.25) is 17.7 Å². The Morgan fingerprint density at radius 2 is 1.69 bits per heavy atom. The van der Waals surface area contributed by atoms with E-state index < -0.39 is 29.6 Å². The Balaban J connectivity index is 1.42. The number of hydrogen-bond acceptors (Lipinski definition) is 3. The van der Waals surface area contributed by atoms with Crippen LogP contribution < -0.4 is 5.32 Å². The fourth-order valence-corrected chi connectivity index (χ4v) is 4.66. The molecule has 2 unspecified atom stereocenters. The lowest BCUT2D eigenvalue weighted by atomic mass is 10.0. The highest BCUT2D eigenvalue weighted by Crippen LogP contribution is 2.30. The molecule has 9 heteroatoms. The van der Waals surface area contributed by atoms with Gasteiger partial charge in [0.1, 0.15) is 6.04 Å². The molecule has 6 nitrogen and oxygen atoms in total. The molecule has 35 heavy (non-hydrogen) atoms. The SMILES string of the molecule is O=C(NC(Cc1ccccc1)C(=O)N1CCCC1)C1CC(=O)N(Cc2cccc(C(F)(F)F)c2)C1. The number of likely N-dealkylation sites (tertiary alicyclic amines) is 2. The van der Waals surface area contributed by atoms with Gasteiger partial charge in [-0.25, -0.2) is 0 Å². The Kier molecular flexibility index (Phi) is 7.42. The molecule has 2 aromatic rings. The van der Waals surface area contributed by atoms with Crippen LogP contribution in [0.4, 0.5) is 13.2 Å². The Morgan fingerprint density at radius 1 is 1.00 bits per heavy atom. The quantitative estimate of drug-likeness (QED) is 0.651. The van der Waals surface area contributed by atoms with Crippen LogP contribution in [0.1, 0.15) is 36.0 Å². The average molecular weight is 488 g/mol. The van der Waals surface area contributed by atoms with Crippen LogP contribution in [0.3, 0.4) is 0 Å². The first kappa shape index (κ1) is 24.8. The normalized spacial score (nSPS) is 19.2. The lowest BCUT2D eigenvalue weighted by molar-refractivity contribution is -0.137. The number of alkyl halides is 3. The van der Waals surface area contributed by atoms with Crippen molar-refractivity contribution in [2.45, 2.75) is 44.4 Å². The number of nitrogens with zero attached hydrogens (tertiary/aromatic N) is 2. The molecular weight excluding hydrogens is 459 g/mol. The molecule has 4 rings (SSSR count).